The average Bonchev–Trinajstić information content (AvgIpc) is 2.01. The fourth-order valence-corrected chi connectivity index (χ4v) is 0.859. The van der Waals surface area contributed by atoms with E-state index in [0.717, 1.165) is 12.8 Å². The molecule has 76 valence electrons. The number of hydrogen-bond donors (Lipinski definition) is 2. The lowest BCUT2D eigenvalue weighted by atomic mass is 10.3. The molecule has 0 radical (unpaired) electrons. The molecule has 0 rings (SSSR count). The predicted octanol–water partition coefficient (Wildman–Crippen LogP) is 2.71. The summed E-state index contributed by atoms with van der Waals surface area (Å²) in [5.41, 5.74) is 0. The SMILES string of the molecule is C=C(O)CCCOCCCC(=C)O. The molecule has 0 aromatic rings. The second-order valence-corrected chi connectivity index (χ2v) is 2.95. The van der Waals surface area contributed by atoms with Gasteiger partial charge in [-0.25, -0.2) is 0 Å². The van der Waals surface area contributed by atoms with Crippen LogP contribution in [0, 0.1) is 0 Å². The molecule has 3 nitrogen and oxygen atoms in total. The third kappa shape index (κ3) is 11.0. The number of aliphatic hydroxyl groups excluding tert-OH is 2. The second-order valence-electron chi connectivity index (χ2n) is 2.95. The second kappa shape index (κ2) is 7.68. The first-order valence-electron chi connectivity index (χ1n) is 4.44. The Bertz CT molecular complexity index is 146. The van der Waals surface area contributed by atoms with Gasteiger partial charge in [-0.2, -0.15) is 0 Å². The molecule has 13 heavy (non-hydrogen) atoms. The topological polar surface area (TPSA) is 49.7 Å². The van der Waals surface area contributed by atoms with Crippen LogP contribution in [0.25, 0.3) is 0 Å². The van der Waals surface area contributed by atoms with Crippen LogP contribution in [0.5, 0.6) is 0 Å². The maximum atomic E-state index is 8.73. The summed E-state index contributed by atoms with van der Waals surface area (Å²) in [5.74, 6) is 0.402. The fraction of sp³-hybridized carbons (Fsp3) is 0.600. The van der Waals surface area contributed by atoms with E-state index in [1.54, 1.807) is 0 Å². The first-order chi connectivity index (χ1) is 6.13. The molecule has 0 amide bonds. The van der Waals surface area contributed by atoms with E-state index in [-0.39, 0.29) is 11.5 Å². The quantitative estimate of drug-likeness (QED) is 0.452. The van der Waals surface area contributed by atoms with Gasteiger partial charge >= 0.3 is 0 Å². The lowest BCUT2D eigenvalue weighted by Gasteiger charge is -2.02. The average molecular weight is 186 g/mol. The van der Waals surface area contributed by atoms with E-state index in [4.69, 9.17) is 14.9 Å². The molecule has 2 N–H and O–H groups in total. The normalized spacial score (nSPS) is 9.85. The molecule has 0 atom stereocenters. The molecule has 0 heterocycles. The van der Waals surface area contributed by atoms with Gasteiger partial charge in [-0.3, -0.25) is 0 Å². The van der Waals surface area contributed by atoms with Crippen LogP contribution in [0.2, 0.25) is 0 Å². The first-order valence-corrected chi connectivity index (χ1v) is 4.44. The van der Waals surface area contributed by atoms with E-state index in [1.165, 1.54) is 0 Å². The van der Waals surface area contributed by atoms with Gasteiger partial charge in [0.25, 0.3) is 0 Å². The maximum Gasteiger partial charge on any atom is 0.0851 e. The molecule has 0 aliphatic heterocycles. The molecule has 0 aliphatic rings. The number of ether oxygens (including phenoxy) is 1. The summed E-state index contributed by atoms with van der Waals surface area (Å²) in [7, 11) is 0. The van der Waals surface area contributed by atoms with Gasteiger partial charge in [0.15, 0.2) is 0 Å². The van der Waals surface area contributed by atoms with Gasteiger partial charge in [-0.15, -0.1) is 0 Å². The molecule has 0 saturated carbocycles. The zero-order chi connectivity index (χ0) is 10.1. The van der Waals surface area contributed by atoms with Gasteiger partial charge in [-0.05, 0) is 12.8 Å². The largest absolute Gasteiger partial charge is 0.513 e. The molecule has 0 fully saturated rings. The van der Waals surface area contributed by atoms with Crippen LogP contribution < -0.4 is 0 Å². The van der Waals surface area contributed by atoms with Crippen LogP contribution in [0.1, 0.15) is 25.7 Å². The van der Waals surface area contributed by atoms with Crippen molar-refractivity contribution >= 4 is 0 Å². The number of aliphatic hydroxyl groups is 2. The number of hydrogen-bond acceptors (Lipinski definition) is 3. The Morgan fingerprint density at radius 3 is 1.62 bits per heavy atom. The Morgan fingerprint density at radius 1 is 0.923 bits per heavy atom. The zero-order valence-corrected chi connectivity index (χ0v) is 7.96. The van der Waals surface area contributed by atoms with Gasteiger partial charge in [0.1, 0.15) is 0 Å². The van der Waals surface area contributed by atoms with E-state index in [1.807, 2.05) is 0 Å². The van der Waals surface area contributed by atoms with Gasteiger partial charge in [0, 0.05) is 26.1 Å². The molecular weight excluding hydrogens is 168 g/mol. The zero-order valence-electron chi connectivity index (χ0n) is 7.96. The van der Waals surface area contributed by atoms with Crippen LogP contribution in [0.4, 0.5) is 0 Å². The van der Waals surface area contributed by atoms with Crippen LogP contribution in [-0.2, 0) is 4.74 Å². The van der Waals surface area contributed by atoms with Gasteiger partial charge in [-0.1, -0.05) is 13.2 Å². The van der Waals surface area contributed by atoms with Crippen molar-refractivity contribution < 1.29 is 14.9 Å². The van der Waals surface area contributed by atoms with Crippen molar-refractivity contribution in [2.45, 2.75) is 25.7 Å². The molecule has 0 spiro atoms. The monoisotopic (exact) mass is 186 g/mol. The molecule has 0 aliphatic carbocycles. The van der Waals surface area contributed by atoms with E-state index >= 15 is 0 Å². The van der Waals surface area contributed by atoms with Crippen molar-refractivity contribution in [3.63, 3.8) is 0 Å². The van der Waals surface area contributed by atoms with Crippen LogP contribution in [0.3, 0.4) is 0 Å². The van der Waals surface area contributed by atoms with Gasteiger partial charge in [0.05, 0.1) is 11.5 Å². The highest BCUT2D eigenvalue weighted by Gasteiger charge is 1.93. The van der Waals surface area contributed by atoms with Crippen LogP contribution in [-0.4, -0.2) is 23.4 Å². The molecule has 0 saturated heterocycles. The van der Waals surface area contributed by atoms with Crippen molar-refractivity contribution in [3.05, 3.63) is 24.7 Å². The predicted molar refractivity (Wildman–Crippen MR) is 52.8 cm³/mol. The summed E-state index contributed by atoms with van der Waals surface area (Å²) in [6, 6.07) is 0. The summed E-state index contributed by atoms with van der Waals surface area (Å²) >= 11 is 0. The van der Waals surface area contributed by atoms with Crippen LogP contribution >= 0.6 is 0 Å². The van der Waals surface area contributed by atoms with Gasteiger partial charge < -0.3 is 14.9 Å². The van der Waals surface area contributed by atoms with Gasteiger partial charge in [0.2, 0.25) is 0 Å². The van der Waals surface area contributed by atoms with Crippen LogP contribution in [0.15, 0.2) is 24.7 Å². The van der Waals surface area contributed by atoms with Crippen molar-refractivity contribution in [2.24, 2.45) is 0 Å². The highest BCUT2D eigenvalue weighted by molar-refractivity contribution is 4.78. The minimum absolute atomic E-state index is 0.201. The van der Waals surface area contributed by atoms with E-state index < -0.39 is 0 Å². The third-order valence-electron chi connectivity index (χ3n) is 1.51. The fourth-order valence-electron chi connectivity index (χ4n) is 0.859. The summed E-state index contributed by atoms with van der Waals surface area (Å²) in [6.07, 6.45) is 2.75. The minimum atomic E-state index is 0.201. The third-order valence-corrected chi connectivity index (χ3v) is 1.51. The Labute approximate surface area is 79.3 Å². The van der Waals surface area contributed by atoms with E-state index in [9.17, 15) is 0 Å². The van der Waals surface area contributed by atoms with Crippen molar-refractivity contribution in [3.8, 4) is 0 Å². The highest BCUT2D eigenvalue weighted by atomic mass is 16.5. The van der Waals surface area contributed by atoms with Crippen molar-refractivity contribution in [1.29, 1.82) is 0 Å². The minimum Gasteiger partial charge on any atom is -0.513 e. The summed E-state index contributed by atoms with van der Waals surface area (Å²) in [4.78, 5) is 0. The molecular formula is C10H18O3. The number of rotatable bonds is 8. The summed E-state index contributed by atoms with van der Waals surface area (Å²) in [6.45, 7) is 7.98. The maximum absolute atomic E-state index is 8.73. The lowest BCUT2D eigenvalue weighted by Crippen LogP contribution is -1.98. The summed E-state index contributed by atoms with van der Waals surface area (Å²) < 4.78 is 5.23. The Kier molecular flexibility index (Phi) is 7.11. The standard InChI is InChI=1S/C10H18O3/c1-9(11)5-3-7-13-8-4-6-10(2)12/h11-12H,1-8H2. The van der Waals surface area contributed by atoms with Crippen molar-refractivity contribution in [2.75, 3.05) is 13.2 Å². The Balaban J connectivity index is 3.00. The molecule has 0 aromatic heterocycles. The number of allylic oxidation sites excluding steroid dienone is 2. The molecule has 3 heteroatoms. The highest BCUT2D eigenvalue weighted by Crippen LogP contribution is 2.00. The Morgan fingerprint density at radius 2 is 1.31 bits per heavy atom. The van der Waals surface area contributed by atoms with E-state index in [2.05, 4.69) is 13.2 Å². The van der Waals surface area contributed by atoms with E-state index in [0.29, 0.717) is 26.1 Å². The Hall–Kier alpha value is -0.960. The smallest absolute Gasteiger partial charge is 0.0851 e. The molecule has 0 aromatic carbocycles. The molecule has 0 unspecified atom stereocenters. The van der Waals surface area contributed by atoms with Crippen molar-refractivity contribution in [1.82, 2.24) is 0 Å². The lowest BCUT2D eigenvalue weighted by molar-refractivity contribution is 0.125. The summed E-state index contributed by atoms with van der Waals surface area (Å²) in [5, 5.41) is 17.5. The first kappa shape index (κ1) is 12.0. The molecule has 0 bridgehead atoms.